The third-order valence-electron chi connectivity index (χ3n) is 9.52. The molecular formula is C32H31F3N4O5. The number of hydrogen-bond donors (Lipinski definition) is 0. The largest absolute Gasteiger partial charge is 0.573 e. The van der Waals surface area contributed by atoms with Gasteiger partial charge in [0.1, 0.15) is 22.9 Å². The third kappa shape index (κ3) is 4.70. The van der Waals surface area contributed by atoms with E-state index in [1.807, 2.05) is 18.3 Å². The Kier molecular flexibility index (Phi) is 6.40. The van der Waals surface area contributed by atoms with Crippen molar-refractivity contribution in [3.05, 3.63) is 65.8 Å². The molecule has 2 bridgehead atoms. The van der Waals surface area contributed by atoms with Crippen LogP contribution in [0, 0.1) is 11.8 Å². The minimum Gasteiger partial charge on any atom is -0.461 e. The van der Waals surface area contributed by atoms with E-state index in [-0.39, 0.29) is 29.9 Å². The number of pyridine rings is 1. The number of esters is 1. The molecule has 0 N–H and O–H groups in total. The molecule has 9 nitrogen and oxygen atoms in total. The van der Waals surface area contributed by atoms with Crippen molar-refractivity contribution in [2.24, 2.45) is 11.8 Å². The number of halogens is 3. The van der Waals surface area contributed by atoms with E-state index in [0.717, 1.165) is 37.8 Å². The second-order valence-electron chi connectivity index (χ2n) is 12.1. The number of benzene rings is 1. The van der Waals surface area contributed by atoms with Crippen LogP contribution >= 0.6 is 0 Å². The quantitative estimate of drug-likeness (QED) is 0.199. The van der Waals surface area contributed by atoms with Crippen LogP contribution in [0.3, 0.4) is 0 Å². The second-order valence-corrected chi connectivity index (χ2v) is 12.1. The second kappa shape index (κ2) is 10.3. The molecule has 2 saturated heterocycles. The maximum Gasteiger partial charge on any atom is 0.573 e. The van der Waals surface area contributed by atoms with E-state index in [9.17, 15) is 18.0 Å². The molecule has 230 valence electrons. The van der Waals surface area contributed by atoms with Crippen LogP contribution in [-0.2, 0) is 16.1 Å². The lowest BCUT2D eigenvalue weighted by atomic mass is 10.0. The van der Waals surface area contributed by atoms with Crippen molar-refractivity contribution in [1.82, 2.24) is 14.5 Å². The van der Waals surface area contributed by atoms with Gasteiger partial charge in [-0.1, -0.05) is 17.3 Å². The first-order valence-corrected chi connectivity index (χ1v) is 15.2. The highest BCUT2D eigenvalue weighted by atomic mass is 19.4. The summed E-state index contributed by atoms with van der Waals surface area (Å²) in [6.45, 7) is 2.29. The maximum atomic E-state index is 13.2. The first kappa shape index (κ1) is 27.5. The normalized spacial score (nSPS) is 25.7. The molecule has 4 aromatic rings. The highest BCUT2D eigenvalue weighted by Gasteiger charge is 2.63. The van der Waals surface area contributed by atoms with Gasteiger partial charge in [-0.2, -0.15) is 0 Å². The van der Waals surface area contributed by atoms with Crippen LogP contribution in [0.1, 0.15) is 66.8 Å². The zero-order valence-electron chi connectivity index (χ0n) is 24.0. The summed E-state index contributed by atoms with van der Waals surface area (Å²) >= 11 is 0. The molecule has 1 aromatic carbocycles. The highest BCUT2D eigenvalue weighted by Crippen LogP contribution is 2.59. The summed E-state index contributed by atoms with van der Waals surface area (Å²) in [6, 6.07) is 10.8. The minimum atomic E-state index is -4.82. The standard InChI is InChI=1S/C32H31F3N4O5/c1-2-41-31(40)24-15-36-26-14-19(11-12-38(24)26)39-18-9-10-23(39)27-21(13-18)30(27)42-16-22-28(37-44-29(22)17-7-8-17)20-5-3-4-6-25(20)43-32(33,34)35/h3-6,11-12,14-15,17-18,21,23,27,30H,2,7-10,13,16H2,1H3/t18?,21?,23?,27?,30-/m0/s1. The summed E-state index contributed by atoms with van der Waals surface area (Å²) in [5.41, 5.74) is 3.45. The van der Waals surface area contributed by atoms with Crippen molar-refractivity contribution in [3.63, 3.8) is 0 Å². The highest BCUT2D eigenvalue weighted by molar-refractivity contribution is 5.88. The fourth-order valence-corrected chi connectivity index (χ4v) is 7.52. The van der Waals surface area contributed by atoms with Crippen LogP contribution in [0.25, 0.3) is 16.9 Å². The lowest BCUT2D eigenvalue weighted by Gasteiger charge is -2.36. The van der Waals surface area contributed by atoms with Crippen LogP contribution in [0.4, 0.5) is 18.9 Å². The van der Waals surface area contributed by atoms with Gasteiger partial charge < -0.3 is 23.6 Å². The molecule has 0 spiro atoms. The lowest BCUT2D eigenvalue weighted by Crippen LogP contribution is -2.41. The first-order chi connectivity index (χ1) is 21.3. The van der Waals surface area contributed by atoms with E-state index in [4.69, 9.17) is 14.0 Å². The van der Waals surface area contributed by atoms with Gasteiger partial charge in [0.25, 0.3) is 0 Å². The Morgan fingerprint density at radius 1 is 1.14 bits per heavy atom. The summed E-state index contributed by atoms with van der Waals surface area (Å²) in [5, 5.41) is 4.22. The van der Waals surface area contributed by atoms with Gasteiger partial charge in [-0.15, -0.1) is 13.2 Å². The van der Waals surface area contributed by atoms with Gasteiger partial charge in [0.05, 0.1) is 25.5 Å². The Balaban J connectivity index is 1.02. The van der Waals surface area contributed by atoms with Crippen LogP contribution in [0.2, 0.25) is 0 Å². The Hall–Kier alpha value is -4.06. The van der Waals surface area contributed by atoms with E-state index >= 15 is 0 Å². The molecule has 0 radical (unpaired) electrons. The Labute approximate surface area is 250 Å². The molecule has 4 aliphatic rings. The summed E-state index contributed by atoms with van der Waals surface area (Å²) in [5.74, 6) is 0.984. The van der Waals surface area contributed by atoms with E-state index < -0.39 is 12.3 Å². The van der Waals surface area contributed by atoms with Gasteiger partial charge in [0.2, 0.25) is 0 Å². The van der Waals surface area contributed by atoms with Crippen LogP contribution in [0.15, 0.2) is 53.3 Å². The average Bonchev–Trinajstić information content (AvgIpc) is 3.82. The summed E-state index contributed by atoms with van der Waals surface area (Å²) in [6.07, 6.45) is 3.74. The molecule has 8 rings (SSSR count). The Bertz CT molecular complexity index is 1730. The van der Waals surface area contributed by atoms with Crippen molar-refractivity contribution in [3.8, 4) is 17.0 Å². The Morgan fingerprint density at radius 2 is 1.98 bits per heavy atom. The van der Waals surface area contributed by atoms with Crippen molar-refractivity contribution in [2.75, 3.05) is 11.5 Å². The van der Waals surface area contributed by atoms with Gasteiger partial charge in [-0.3, -0.25) is 4.40 Å². The number of ether oxygens (including phenoxy) is 3. The topological polar surface area (TPSA) is 91.3 Å². The fourth-order valence-electron chi connectivity index (χ4n) is 7.52. The number of alkyl halides is 3. The Morgan fingerprint density at radius 3 is 2.77 bits per heavy atom. The summed E-state index contributed by atoms with van der Waals surface area (Å²) in [7, 11) is 0. The molecule has 4 fully saturated rings. The maximum absolute atomic E-state index is 13.2. The molecule has 2 aliphatic heterocycles. The number of nitrogens with zero attached hydrogens (tertiary/aromatic N) is 4. The van der Waals surface area contributed by atoms with E-state index in [2.05, 4.69) is 19.8 Å². The number of anilines is 1. The number of fused-ring (bicyclic) bond motifs is 5. The van der Waals surface area contributed by atoms with Crippen molar-refractivity contribution >= 4 is 17.3 Å². The van der Waals surface area contributed by atoms with Crippen molar-refractivity contribution in [2.45, 2.75) is 76.1 Å². The van der Waals surface area contributed by atoms with Gasteiger partial charge in [0.15, 0.2) is 5.69 Å². The van der Waals surface area contributed by atoms with Crippen LogP contribution in [0.5, 0.6) is 5.75 Å². The molecule has 5 atom stereocenters. The molecule has 2 aliphatic carbocycles. The fraction of sp³-hybridized carbons (Fsp3) is 0.469. The number of piperidine rings is 1. The van der Waals surface area contributed by atoms with E-state index in [1.165, 1.54) is 12.1 Å². The zero-order chi connectivity index (χ0) is 30.2. The van der Waals surface area contributed by atoms with E-state index in [1.54, 1.807) is 29.7 Å². The smallest absolute Gasteiger partial charge is 0.461 e. The molecule has 5 heterocycles. The molecule has 4 unspecified atom stereocenters. The monoisotopic (exact) mass is 608 g/mol. The van der Waals surface area contributed by atoms with Crippen molar-refractivity contribution in [1.29, 1.82) is 0 Å². The predicted octanol–water partition coefficient (Wildman–Crippen LogP) is 6.51. The predicted molar refractivity (Wildman–Crippen MR) is 151 cm³/mol. The number of imidazole rings is 1. The van der Waals surface area contributed by atoms with Gasteiger partial charge in [-0.05, 0) is 63.1 Å². The molecule has 2 saturated carbocycles. The zero-order valence-corrected chi connectivity index (χ0v) is 24.0. The number of rotatable bonds is 9. The number of carbonyl (C=O) groups is 1. The summed E-state index contributed by atoms with van der Waals surface area (Å²) in [4.78, 5) is 19.3. The number of para-hydroxylation sites is 1. The number of hydrogen-bond acceptors (Lipinski definition) is 8. The minimum absolute atomic E-state index is 0.0508. The van der Waals surface area contributed by atoms with E-state index in [0.29, 0.717) is 58.9 Å². The van der Waals surface area contributed by atoms with Gasteiger partial charge in [0, 0.05) is 53.0 Å². The SMILES string of the molecule is CCOC(=O)c1cnc2cc(N3C4CCC3C3C(C4)[C@@H]3OCc3c(-c4ccccc4OC(F)(F)F)noc3C3CC3)ccn12. The number of carbonyl (C=O) groups excluding carboxylic acids is 1. The molecule has 0 amide bonds. The third-order valence-corrected chi connectivity index (χ3v) is 9.52. The first-order valence-electron chi connectivity index (χ1n) is 15.2. The molecule has 12 heteroatoms. The van der Waals surface area contributed by atoms with Crippen LogP contribution in [-0.4, -0.2) is 51.7 Å². The molecular weight excluding hydrogens is 577 g/mol. The lowest BCUT2D eigenvalue weighted by molar-refractivity contribution is -0.274. The van der Waals surface area contributed by atoms with Gasteiger partial charge >= 0.3 is 12.3 Å². The molecule has 3 aromatic heterocycles. The van der Waals surface area contributed by atoms with Gasteiger partial charge in [-0.25, -0.2) is 9.78 Å². The number of aromatic nitrogens is 3. The summed E-state index contributed by atoms with van der Waals surface area (Å²) < 4.78 is 63.0. The molecule has 44 heavy (non-hydrogen) atoms. The van der Waals surface area contributed by atoms with Crippen molar-refractivity contribution < 1.29 is 36.7 Å². The van der Waals surface area contributed by atoms with Crippen LogP contribution < -0.4 is 9.64 Å². The average molecular weight is 609 g/mol.